The van der Waals surface area contributed by atoms with E-state index in [1.807, 2.05) is 31.2 Å². The van der Waals surface area contributed by atoms with Crippen LogP contribution in [0.3, 0.4) is 0 Å². The molecule has 1 saturated heterocycles. The largest absolute Gasteiger partial charge is 0.495 e. The topological polar surface area (TPSA) is 79.0 Å². The van der Waals surface area contributed by atoms with Crippen molar-refractivity contribution in [3.8, 4) is 5.75 Å². The molecule has 3 aromatic carbocycles. The number of anilines is 2. The van der Waals surface area contributed by atoms with Crippen LogP contribution in [0.4, 0.5) is 11.4 Å². The molecule has 178 valence electrons. The molecule has 4 rings (SSSR count). The van der Waals surface area contributed by atoms with E-state index in [-0.39, 0.29) is 21.5 Å². The molecule has 0 bridgehead atoms. The molecule has 0 saturated carbocycles. The Bertz CT molecular complexity index is 1290. The van der Waals surface area contributed by atoms with E-state index in [2.05, 4.69) is 9.62 Å². The van der Waals surface area contributed by atoms with E-state index in [1.54, 1.807) is 30.2 Å². The van der Waals surface area contributed by atoms with E-state index in [0.29, 0.717) is 31.7 Å². The second kappa shape index (κ2) is 9.95. The van der Waals surface area contributed by atoms with Gasteiger partial charge in [-0.15, -0.1) is 0 Å². The quantitative estimate of drug-likeness (QED) is 0.543. The molecule has 1 N–H and O–H groups in total. The zero-order valence-corrected chi connectivity index (χ0v) is 20.6. The summed E-state index contributed by atoms with van der Waals surface area (Å²) in [5.74, 6) is 0.659. The lowest BCUT2D eigenvalue weighted by atomic mass is 10.1. The summed E-state index contributed by atoms with van der Waals surface area (Å²) in [6, 6.07) is 19.0. The third-order valence-electron chi connectivity index (χ3n) is 5.78. The smallest absolute Gasteiger partial charge is 0.261 e. The fraction of sp³-hybridized carbons (Fsp3) is 0.240. The zero-order valence-electron chi connectivity index (χ0n) is 19.0. The van der Waals surface area contributed by atoms with Gasteiger partial charge < -0.3 is 14.5 Å². The van der Waals surface area contributed by atoms with Gasteiger partial charge in [-0.2, -0.15) is 0 Å². The minimum atomic E-state index is -3.79. The Balaban J connectivity index is 1.43. The van der Waals surface area contributed by atoms with E-state index < -0.39 is 10.0 Å². The molecule has 7 nitrogen and oxygen atoms in total. The highest BCUT2D eigenvalue weighted by Crippen LogP contribution is 2.29. The van der Waals surface area contributed by atoms with E-state index in [9.17, 15) is 13.2 Å². The SMILES string of the molecule is COc1ccccc1N1CCN(C(=O)c2ccc(NS(=O)(=O)c3ccc(C)cc3)c(Cl)c2)CC1. The number of amides is 1. The van der Waals surface area contributed by atoms with Crippen LogP contribution in [0.15, 0.2) is 71.6 Å². The molecule has 9 heteroatoms. The molecular weight excluding hydrogens is 474 g/mol. The number of benzene rings is 3. The molecule has 0 spiro atoms. The highest BCUT2D eigenvalue weighted by atomic mass is 35.5. The molecule has 0 atom stereocenters. The average molecular weight is 500 g/mol. The first kappa shape index (κ1) is 23.9. The summed E-state index contributed by atoms with van der Waals surface area (Å²) >= 11 is 6.35. The van der Waals surface area contributed by atoms with Gasteiger partial charge >= 0.3 is 0 Å². The third kappa shape index (κ3) is 5.13. The Morgan fingerprint density at radius 3 is 2.29 bits per heavy atom. The Hall–Kier alpha value is -3.23. The van der Waals surface area contributed by atoms with Gasteiger partial charge in [0.2, 0.25) is 0 Å². The number of carbonyl (C=O) groups is 1. The summed E-state index contributed by atoms with van der Waals surface area (Å²) in [6.45, 7) is 4.34. The highest BCUT2D eigenvalue weighted by molar-refractivity contribution is 7.92. The van der Waals surface area contributed by atoms with Crippen LogP contribution < -0.4 is 14.4 Å². The maximum atomic E-state index is 13.1. The number of nitrogens with one attached hydrogen (secondary N) is 1. The number of nitrogens with zero attached hydrogens (tertiary/aromatic N) is 2. The van der Waals surface area contributed by atoms with Crippen LogP contribution in [-0.4, -0.2) is 52.5 Å². The fourth-order valence-electron chi connectivity index (χ4n) is 3.88. The minimum Gasteiger partial charge on any atom is -0.495 e. The van der Waals surface area contributed by atoms with Gasteiger partial charge in [-0.05, 0) is 49.4 Å². The summed E-state index contributed by atoms with van der Waals surface area (Å²) < 4.78 is 33.3. The monoisotopic (exact) mass is 499 g/mol. The first-order valence-electron chi connectivity index (χ1n) is 10.8. The van der Waals surface area contributed by atoms with Crippen molar-refractivity contribution in [3.63, 3.8) is 0 Å². The van der Waals surface area contributed by atoms with Crippen molar-refractivity contribution < 1.29 is 17.9 Å². The van der Waals surface area contributed by atoms with Crippen molar-refractivity contribution in [2.45, 2.75) is 11.8 Å². The normalized spacial score (nSPS) is 14.1. The Morgan fingerprint density at radius 2 is 1.65 bits per heavy atom. The van der Waals surface area contributed by atoms with Gasteiger partial charge in [0.05, 0.1) is 28.4 Å². The van der Waals surface area contributed by atoms with Gasteiger partial charge in [0, 0.05) is 31.7 Å². The number of hydrogen-bond donors (Lipinski definition) is 1. The molecule has 0 aromatic heterocycles. The lowest BCUT2D eigenvalue weighted by Gasteiger charge is -2.36. The second-order valence-electron chi connectivity index (χ2n) is 8.06. The number of hydrogen-bond acceptors (Lipinski definition) is 5. The highest BCUT2D eigenvalue weighted by Gasteiger charge is 2.24. The molecule has 1 aliphatic rings. The van der Waals surface area contributed by atoms with Gasteiger partial charge in [-0.3, -0.25) is 9.52 Å². The number of methoxy groups -OCH3 is 1. The van der Waals surface area contributed by atoms with Crippen LogP contribution in [0.5, 0.6) is 5.75 Å². The van der Waals surface area contributed by atoms with Crippen molar-refractivity contribution in [1.82, 2.24) is 4.90 Å². The second-order valence-corrected chi connectivity index (χ2v) is 10.2. The molecule has 0 unspecified atom stereocenters. The van der Waals surface area contributed by atoms with E-state index >= 15 is 0 Å². The minimum absolute atomic E-state index is 0.141. The summed E-state index contributed by atoms with van der Waals surface area (Å²) in [5, 5.41) is 0.161. The molecular formula is C25H26ClN3O4S. The van der Waals surface area contributed by atoms with Crippen LogP contribution in [0.1, 0.15) is 15.9 Å². The van der Waals surface area contributed by atoms with E-state index in [1.165, 1.54) is 24.3 Å². The standard InChI is InChI=1S/C25H26ClN3O4S/c1-18-7-10-20(11-8-18)34(31,32)27-22-12-9-19(17-21(22)26)25(30)29-15-13-28(14-16-29)23-5-3-4-6-24(23)33-2/h3-12,17,27H,13-16H2,1-2H3. The predicted octanol–water partition coefficient (Wildman–Crippen LogP) is 4.42. The number of ether oxygens (including phenoxy) is 1. The predicted molar refractivity (Wildman–Crippen MR) is 135 cm³/mol. The molecule has 34 heavy (non-hydrogen) atoms. The van der Waals surface area contributed by atoms with Crippen molar-refractivity contribution in [1.29, 1.82) is 0 Å². The summed E-state index contributed by atoms with van der Waals surface area (Å²) in [5.41, 5.74) is 2.60. The van der Waals surface area contributed by atoms with Crippen LogP contribution in [0.2, 0.25) is 5.02 Å². The van der Waals surface area contributed by atoms with Crippen molar-refractivity contribution >= 4 is 38.9 Å². The van der Waals surface area contributed by atoms with Crippen molar-refractivity contribution in [3.05, 3.63) is 82.9 Å². The van der Waals surface area contributed by atoms with Gasteiger partial charge in [0.15, 0.2) is 0 Å². The van der Waals surface area contributed by atoms with Gasteiger partial charge in [0.25, 0.3) is 15.9 Å². The maximum absolute atomic E-state index is 13.1. The van der Waals surface area contributed by atoms with Crippen molar-refractivity contribution in [2.24, 2.45) is 0 Å². The van der Waals surface area contributed by atoms with Crippen LogP contribution in [0, 0.1) is 6.92 Å². The molecule has 3 aromatic rings. The summed E-state index contributed by atoms with van der Waals surface area (Å²) in [6.07, 6.45) is 0. The number of halogens is 1. The van der Waals surface area contributed by atoms with E-state index in [0.717, 1.165) is 17.0 Å². The lowest BCUT2D eigenvalue weighted by molar-refractivity contribution is 0.0746. The first-order chi connectivity index (χ1) is 16.3. The van der Waals surface area contributed by atoms with Crippen molar-refractivity contribution in [2.75, 3.05) is 42.9 Å². The Morgan fingerprint density at radius 1 is 0.971 bits per heavy atom. The number of para-hydroxylation sites is 2. The number of piperazine rings is 1. The number of rotatable bonds is 6. The summed E-state index contributed by atoms with van der Waals surface area (Å²) in [7, 11) is -2.14. The third-order valence-corrected chi connectivity index (χ3v) is 7.48. The first-order valence-corrected chi connectivity index (χ1v) is 12.7. The number of aryl methyl sites for hydroxylation is 1. The maximum Gasteiger partial charge on any atom is 0.261 e. The molecule has 1 aliphatic heterocycles. The zero-order chi connectivity index (χ0) is 24.3. The average Bonchev–Trinajstić information content (AvgIpc) is 2.85. The Labute approximate surface area is 205 Å². The number of carbonyl (C=O) groups excluding carboxylic acids is 1. The molecule has 1 heterocycles. The lowest BCUT2D eigenvalue weighted by Crippen LogP contribution is -2.48. The molecule has 0 radical (unpaired) electrons. The molecule has 1 fully saturated rings. The van der Waals surface area contributed by atoms with Gasteiger partial charge in [0.1, 0.15) is 5.75 Å². The van der Waals surface area contributed by atoms with Gasteiger partial charge in [-0.25, -0.2) is 8.42 Å². The van der Waals surface area contributed by atoms with Crippen LogP contribution >= 0.6 is 11.6 Å². The summed E-state index contributed by atoms with van der Waals surface area (Å²) in [4.78, 5) is 17.2. The number of sulfonamides is 1. The van der Waals surface area contributed by atoms with E-state index in [4.69, 9.17) is 16.3 Å². The molecule has 0 aliphatic carbocycles. The fourth-order valence-corrected chi connectivity index (χ4v) is 5.24. The molecule has 1 amide bonds. The Kier molecular flexibility index (Phi) is 7.00. The van der Waals surface area contributed by atoms with Gasteiger partial charge in [-0.1, -0.05) is 41.4 Å². The van der Waals surface area contributed by atoms with Crippen LogP contribution in [0.25, 0.3) is 0 Å². The van der Waals surface area contributed by atoms with Crippen LogP contribution in [-0.2, 0) is 10.0 Å².